The molecule has 16 heavy (non-hydrogen) atoms. The zero-order chi connectivity index (χ0) is 12.1. The number of carboxylic acids is 1. The van der Waals surface area contributed by atoms with Crippen LogP contribution in [0.3, 0.4) is 0 Å². The van der Waals surface area contributed by atoms with Gasteiger partial charge in [0.1, 0.15) is 10.2 Å². The smallest absolute Gasteiger partial charge is 0.310 e. The molecule has 2 atom stereocenters. The van der Waals surface area contributed by atoms with Crippen LogP contribution in [0.1, 0.15) is 17.0 Å². The third kappa shape index (κ3) is 1.68. The van der Waals surface area contributed by atoms with Gasteiger partial charge in [0, 0.05) is 5.92 Å². The zero-order valence-electron chi connectivity index (χ0n) is 8.38. The SMILES string of the molecule is Cc1cc(C2C(C(=O)O)C2(Cl)Cl)ccc1F. The summed E-state index contributed by atoms with van der Waals surface area (Å²) in [6.07, 6.45) is 0. The van der Waals surface area contributed by atoms with Crippen LogP contribution in [0.5, 0.6) is 0 Å². The van der Waals surface area contributed by atoms with Crippen molar-refractivity contribution in [3.63, 3.8) is 0 Å². The molecule has 0 aromatic heterocycles. The third-order valence-corrected chi connectivity index (χ3v) is 3.80. The fourth-order valence-electron chi connectivity index (χ4n) is 1.91. The number of alkyl halides is 2. The molecule has 1 N–H and O–H groups in total. The van der Waals surface area contributed by atoms with Gasteiger partial charge in [-0.1, -0.05) is 35.3 Å². The molecule has 0 aliphatic heterocycles. The Bertz CT molecular complexity index is 459. The lowest BCUT2D eigenvalue weighted by Gasteiger charge is -2.02. The number of aryl methyl sites for hydroxylation is 1. The van der Waals surface area contributed by atoms with Crippen LogP contribution in [0.15, 0.2) is 18.2 Å². The molecule has 1 aromatic rings. The van der Waals surface area contributed by atoms with Crippen molar-refractivity contribution in [1.82, 2.24) is 0 Å². The first-order valence-electron chi connectivity index (χ1n) is 4.72. The van der Waals surface area contributed by atoms with Gasteiger partial charge in [-0.3, -0.25) is 4.79 Å². The van der Waals surface area contributed by atoms with E-state index < -0.39 is 22.1 Å². The van der Waals surface area contributed by atoms with Gasteiger partial charge in [-0.2, -0.15) is 0 Å². The summed E-state index contributed by atoms with van der Waals surface area (Å²) >= 11 is 11.8. The van der Waals surface area contributed by atoms with Crippen LogP contribution >= 0.6 is 23.2 Å². The molecule has 5 heteroatoms. The molecule has 1 aromatic carbocycles. The average molecular weight is 263 g/mol. The van der Waals surface area contributed by atoms with E-state index in [2.05, 4.69) is 0 Å². The molecular formula is C11H9Cl2FO2. The van der Waals surface area contributed by atoms with Gasteiger partial charge < -0.3 is 5.11 Å². The third-order valence-electron chi connectivity index (χ3n) is 2.86. The van der Waals surface area contributed by atoms with Crippen molar-refractivity contribution in [1.29, 1.82) is 0 Å². The van der Waals surface area contributed by atoms with Crippen molar-refractivity contribution in [2.45, 2.75) is 17.2 Å². The van der Waals surface area contributed by atoms with E-state index in [1.54, 1.807) is 13.0 Å². The highest BCUT2D eigenvalue weighted by Crippen LogP contribution is 2.65. The van der Waals surface area contributed by atoms with Crippen molar-refractivity contribution in [2.24, 2.45) is 5.92 Å². The molecule has 1 aliphatic carbocycles. The van der Waals surface area contributed by atoms with Crippen LogP contribution in [0.2, 0.25) is 0 Å². The molecule has 0 spiro atoms. The van der Waals surface area contributed by atoms with Crippen LogP contribution in [0.25, 0.3) is 0 Å². The second-order valence-corrected chi connectivity index (χ2v) is 5.42. The van der Waals surface area contributed by atoms with Crippen LogP contribution < -0.4 is 0 Å². The Kier molecular flexibility index (Phi) is 2.63. The van der Waals surface area contributed by atoms with E-state index in [-0.39, 0.29) is 5.82 Å². The summed E-state index contributed by atoms with van der Waals surface area (Å²) in [7, 11) is 0. The lowest BCUT2D eigenvalue weighted by Crippen LogP contribution is -2.03. The number of halogens is 3. The van der Waals surface area contributed by atoms with E-state index in [1.165, 1.54) is 12.1 Å². The molecule has 0 bridgehead atoms. The minimum Gasteiger partial charge on any atom is -0.481 e. The summed E-state index contributed by atoms with van der Waals surface area (Å²) in [4.78, 5) is 10.9. The van der Waals surface area contributed by atoms with Gasteiger partial charge in [0.2, 0.25) is 0 Å². The maximum absolute atomic E-state index is 13.0. The minimum absolute atomic E-state index is 0.328. The molecule has 2 unspecified atom stereocenters. The largest absolute Gasteiger partial charge is 0.481 e. The molecule has 1 fully saturated rings. The number of hydrogen-bond acceptors (Lipinski definition) is 1. The van der Waals surface area contributed by atoms with Gasteiger partial charge in [-0.25, -0.2) is 4.39 Å². The van der Waals surface area contributed by atoms with E-state index in [0.29, 0.717) is 11.1 Å². The van der Waals surface area contributed by atoms with E-state index in [9.17, 15) is 9.18 Å². The normalized spacial score (nSPS) is 26.5. The number of carbonyl (C=O) groups is 1. The van der Waals surface area contributed by atoms with E-state index >= 15 is 0 Å². The van der Waals surface area contributed by atoms with E-state index in [1.807, 2.05) is 0 Å². The first kappa shape index (κ1) is 11.7. The maximum atomic E-state index is 13.0. The zero-order valence-corrected chi connectivity index (χ0v) is 9.89. The number of hydrogen-bond donors (Lipinski definition) is 1. The second kappa shape index (κ2) is 3.60. The molecular weight excluding hydrogens is 254 g/mol. The van der Waals surface area contributed by atoms with Crippen LogP contribution in [-0.2, 0) is 4.79 Å². The molecule has 2 rings (SSSR count). The Morgan fingerprint density at radius 2 is 2.12 bits per heavy atom. The molecule has 1 aliphatic rings. The van der Waals surface area contributed by atoms with Gasteiger partial charge in [0.15, 0.2) is 0 Å². The van der Waals surface area contributed by atoms with Gasteiger partial charge >= 0.3 is 5.97 Å². The predicted molar refractivity (Wildman–Crippen MR) is 59.4 cm³/mol. The lowest BCUT2D eigenvalue weighted by atomic mass is 10.1. The minimum atomic E-state index is -1.28. The second-order valence-electron chi connectivity index (χ2n) is 3.98. The molecule has 86 valence electrons. The highest BCUT2D eigenvalue weighted by molar-refractivity contribution is 6.53. The summed E-state index contributed by atoms with van der Waals surface area (Å²) in [5.41, 5.74) is 1.12. The average Bonchev–Trinajstić information content (AvgIpc) is 2.74. The summed E-state index contributed by atoms with van der Waals surface area (Å²) in [6.45, 7) is 1.61. The monoisotopic (exact) mass is 262 g/mol. The Labute approximate surface area is 102 Å². The van der Waals surface area contributed by atoms with E-state index in [0.717, 1.165) is 0 Å². The topological polar surface area (TPSA) is 37.3 Å². The van der Waals surface area contributed by atoms with Gasteiger partial charge in [0.05, 0.1) is 5.92 Å². The Morgan fingerprint density at radius 3 is 2.56 bits per heavy atom. The Morgan fingerprint density at radius 1 is 1.50 bits per heavy atom. The first-order valence-corrected chi connectivity index (χ1v) is 5.48. The molecule has 0 saturated heterocycles. The van der Waals surface area contributed by atoms with Gasteiger partial charge in [0.25, 0.3) is 0 Å². The Balaban J connectivity index is 2.33. The van der Waals surface area contributed by atoms with Crippen molar-refractivity contribution in [2.75, 3.05) is 0 Å². The van der Waals surface area contributed by atoms with Gasteiger partial charge in [-0.15, -0.1) is 0 Å². The van der Waals surface area contributed by atoms with Crippen LogP contribution in [-0.4, -0.2) is 15.4 Å². The summed E-state index contributed by atoms with van der Waals surface area (Å²) in [6, 6.07) is 4.41. The summed E-state index contributed by atoms with van der Waals surface area (Å²) in [5.74, 6) is -2.64. The number of carboxylic acid groups (broad SMARTS) is 1. The molecule has 0 heterocycles. The predicted octanol–water partition coefficient (Wildman–Crippen LogP) is 3.11. The summed E-state index contributed by atoms with van der Waals surface area (Å²) in [5, 5.41) is 8.90. The lowest BCUT2D eigenvalue weighted by molar-refractivity contribution is -0.138. The number of rotatable bonds is 2. The van der Waals surface area contributed by atoms with Crippen molar-refractivity contribution in [3.8, 4) is 0 Å². The van der Waals surface area contributed by atoms with Gasteiger partial charge in [-0.05, 0) is 24.1 Å². The van der Waals surface area contributed by atoms with Crippen LogP contribution in [0.4, 0.5) is 4.39 Å². The Hall–Kier alpha value is -0.800. The quantitative estimate of drug-likeness (QED) is 0.832. The molecule has 0 amide bonds. The standard InChI is InChI=1S/C11H9Cl2FO2/c1-5-4-6(2-3-7(5)14)8-9(10(15)16)11(8,12)13/h2-4,8-9H,1H3,(H,15,16). The fraction of sp³-hybridized carbons (Fsp3) is 0.364. The number of benzene rings is 1. The highest BCUT2D eigenvalue weighted by Gasteiger charge is 2.68. The molecule has 1 saturated carbocycles. The fourth-order valence-corrected chi connectivity index (χ4v) is 2.73. The van der Waals surface area contributed by atoms with Crippen molar-refractivity contribution in [3.05, 3.63) is 35.1 Å². The van der Waals surface area contributed by atoms with Crippen molar-refractivity contribution < 1.29 is 14.3 Å². The first-order chi connectivity index (χ1) is 7.35. The van der Waals surface area contributed by atoms with E-state index in [4.69, 9.17) is 28.3 Å². The summed E-state index contributed by atoms with van der Waals surface area (Å²) < 4.78 is 11.8. The maximum Gasteiger partial charge on any atom is 0.310 e. The van der Waals surface area contributed by atoms with Crippen molar-refractivity contribution >= 4 is 29.2 Å². The molecule has 0 radical (unpaired) electrons. The van der Waals surface area contributed by atoms with Crippen LogP contribution in [0, 0.1) is 18.7 Å². The number of aliphatic carboxylic acids is 1. The highest BCUT2D eigenvalue weighted by atomic mass is 35.5. The molecule has 2 nitrogen and oxygen atoms in total.